The molecule has 0 atom stereocenters. The number of hydrogen-bond acceptors (Lipinski definition) is 2. The van der Waals surface area contributed by atoms with Gasteiger partial charge in [0.2, 0.25) is 0 Å². The van der Waals surface area contributed by atoms with Crippen molar-refractivity contribution < 1.29 is 8.78 Å². The molecule has 4 rings (SSSR count). The second-order valence-electron chi connectivity index (χ2n) is 7.81. The molecule has 1 aliphatic carbocycles. The molecule has 0 aliphatic heterocycles. The summed E-state index contributed by atoms with van der Waals surface area (Å²) in [6.07, 6.45) is 8.91. The van der Waals surface area contributed by atoms with Crippen LogP contribution in [-0.2, 0) is 6.67 Å². The Morgan fingerprint density at radius 3 is 2.07 bits per heavy atom. The minimum Gasteiger partial charge on any atom is -0.246 e. The van der Waals surface area contributed by atoms with Crippen molar-refractivity contribution in [2.45, 2.75) is 45.2 Å². The highest BCUT2D eigenvalue weighted by Gasteiger charge is 2.20. The molecule has 0 bridgehead atoms. The fourth-order valence-corrected chi connectivity index (χ4v) is 3.94. The number of nitrogens with zero attached hydrogens (tertiary/aromatic N) is 2. The van der Waals surface area contributed by atoms with Gasteiger partial charge in [-0.05, 0) is 47.4 Å². The number of benzene rings is 2. The topological polar surface area (TPSA) is 25.8 Å². The van der Waals surface area contributed by atoms with Crippen molar-refractivity contribution >= 4 is 0 Å². The maximum absolute atomic E-state index is 13.8. The fraction of sp³-hybridized carbons (Fsp3) is 0.333. The predicted molar refractivity (Wildman–Crippen MR) is 108 cm³/mol. The number of aromatic nitrogens is 2. The van der Waals surface area contributed by atoms with Crippen LogP contribution in [-0.4, -0.2) is 9.97 Å². The third kappa shape index (κ3) is 3.96. The summed E-state index contributed by atoms with van der Waals surface area (Å²) in [5.41, 5.74) is 3.84. The SMILES string of the molecule is CC1CCC(c2cnc(-c3ccc(-c4ccc(CF)c(F)c4)cc3)nc2)CC1. The third-order valence-corrected chi connectivity index (χ3v) is 5.83. The predicted octanol–water partition coefficient (Wildman–Crippen LogP) is 6.71. The van der Waals surface area contributed by atoms with Crippen molar-refractivity contribution in [1.82, 2.24) is 9.97 Å². The molecule has 3 aromatic rings. The Labute approximate surface area is 164 Å². The summed E-state index contributed by atoms with van der Waals surface area (Å²) in [5.74, 6) is 1.59. The molecule has 0 saturated heterocycles. The molecule has 2 nitrogen and oxygen atoms in total. The minimum absolute atomic E-state index is 0.0845. The molecule has 1 fully saturated rings. The van der Waals surface area contributed by atoms with Gasteiger partial charge in [-0.25, -0.2) is 18.7 Å². The van der Waals surface area contributed by atoms with E-state index in [4.69, 9.17) is 0 Å². The molecule has 28 heavy (non-hydrogen) atoms. The second-order valence-corrected chi connectivity index (χ2v) is 7.81. The largest absolute Gasteiger partial charge is 0.246 e. The van der Waals surface area contributed by atoms with Crippen LogP contribution in [0.1, 0.15) is 49.7 Å². The summed E-state index contributed by atoms with van der Waals surface area (Å²) < 4.78 is 26.5. The summed E-state index contributed by atoms with van der Waals surface area (Å²) in [6.45, 7) is 1.53. The van der Waals surface area contributed by atoms with Gasteiger partial charge in [-0.1, -0.05) is 56.2 Å². The van der Waals surface area contributed by atoms with Crippen molar-refractivity contribution in [3.63, 3.8) is 0 Å². The number of alkyl halides is 1. The molecule has 1 aromatic heterocycles. The first-order valence-electron chi connectivity index (χ1n) is 9.91. The Kier molecular flexibility index (Phi) is 5.47. The number of hydrogen-bond donors (Lipinski definition) is 0. The molecule has 0 unspecified atom stereocenters. The standard InChI is InChI=1S/C24H24F2N2/c1-16-2-4-18(5-3-16)22-14-27-24(28-15-22)19-8-6-17(7-9-19)20-10-11-21(13-25)23(26)12-20/h6-12,14-16,18H,2-5,13H2,1H3. The summed E-state index contributed by atoms with van der Waals surface area (Å²) >= 11 is 0. The molecule has 0 radical (unpaired) electrons. The zero-order valence-corrected chi connectivity index (χ0v) is 16.0. The first-order valence-corrected chi connectivity index (χ1v) is 9.91. The molecule has 1 aliphatic rings. The quantitative estimate of drug-likeness (QED) is 0.504. The van der Waals surface area contributed by atoms with E-state index >= 15 is 0 Å². The summed E-state index contributed by atoms with van der Waals surface area (Å²) in [4.78, 5) is 9.14. The van der Waals surface area contributed by atoms with Crippen molar-refractivity contribution in [3.8, 4) is 22.5 Å². The van der Waals surface area contributed by atoms with Crippen LogP contribution in [0.15, 0.2) is 54.9 Å². The molecule has 0 spiro atoms. The van der Waals surface area contributed by atoms with E-state index in [1.54, 1.807) is 6.07 Å². The van der Waals surface area contributed by atoms with Crippen LogP contribution in [0.4, 0.5) is 8.78 Å². The van der Waals surface area contributed by atoms with Gasteiger partial charge in [-0.15, -0.1) is 0 Å². The lowest BCUT2D eigenvalue weighted by atomic mass is 9.80. The lowest BCUT2D eigenvalue weighted by molar-refractivity contribution is 0.347. The number of halogens is 2. The van der Waals surface area contributed by atoms with Gasteiger partial charge in [0.05, 0.1) is 0 Å². The van der Waals surface area contributed by atoms with E-state index in [9.17, 15) is 8.78 Å². The molecule has 2 aromatic carbocycles. The van der Waals surface area contributed by atoms with Gasteiger partial charge < -0.3 is 0 Å². The van der Waals surface area contributed by atoms with Gasteiger partial charge >= 0.3 is 0 Å². The molecule has 0 amide bonds. The molecule has 0 N–H and O–H groups in total. The van der Waals surface area contributed by atoms with E-state index in [-0.39, 0.29) is 5.56 Å². The van der Waals surface area contributed by atoms with E-state index in [0.717, 1.165) is 22.6 Å². The highest BCUT2D eigenvalue weighted by molar-refractivity contribution is 5.68. The van der Waals surface area contributed by atoms with Gasteiger partial charge in [0.25, 0.3) is 0 Å². The van der Waals surface area contributed by atoms with Gasteiger partial charge in [-0.2, -0.15) is 0 Å². The highest BCUT2D eigenvalue weighted by atomic mass is 19.1. The van der Waals surface area contributed by atoms with E-state index in [1.165, 1.54) is 43.4 Å². The van der Waals surface area contributed by atoms with E-state index in [2.05, 4.69) is 16.9 Å². The van der Waals surface area contributed by atoms with Crippen LogP contribution in [0.2, 0.25) is 0 Å². The van der Waals surface area contributed by atoms with Crippen molar-refractivity contribution in [3.05, 3.63) is 71.8 Å². The Morgan fingerprint density at radius 2 is 1.46 bits per heavy atom. The van der Waals surface area contributed by atoms with Gasteiger partial charge in [0, 0.05) is 23.5 Å². The molecule has 1 heterocycles. The Hall–Kier alpha value is -2.62. The summed E-state index contributed by atoms with van der Waals surface area (Å²) in [6, 6.07) is 12.3. The Balaban J connectivity index is 1.50. The molecule has 4 heteroatoms. The Bertz CT molecular complexity index is 928. The van der Waals surface area contributed by atoms with Crippen LogP contribution >= 0.6 is 0 Å². The molecule has 144 valence electrons. The monoisotopic (exact) mass is 378 g/mol. The van der Waals surface area contributed by atoms with E-state index in [1.807, 2.05) is 36.7 Å². The highest BCUT2D eigenvalue weighted by Crippen LogP contribution is 2.35. The lowest BCUT2D eigenvalue weighted by Gasteiger charge is -2.25. The smallest absolute Gasteiger partial charge is 0.159 e. The second kappa shape index (κ2) is 8.17. The van der Waals surface area contributed by atoms with E-state index in [0.29, 0.717) is 11.7 Å². The van der Waals surface area contributed by atoms with Crippen LogP contribution < -0.4 is 0 Å². The number of rotatable bonds is 4. The minimum atomic E-state index is -0.793. The van der Waals surface area contributed by atoms with Crippen LogP contribution in [0.25, 0.3) is 22.5 Å². The zero-order chi connectivity index (χ0) is 19.5. The van der Waals surface area contributed by atoms with Crippen LogP contribution in [0, 0.1) is 11.7 Å². The fourth-order valence-electron chi connectivity index (χ4n) is 3.94. The third-order valence-electron chi connectivity index (χ3n) is 5.83. The van der Waals surface area contributed by atoms with Crippen LogP contribution in [0.3, 0.4) is 0 Å². The first-order chi connectivity index (χ1) is 13.6. The van der Waals surface area contributed by atoms with E-state index < -0.39 is 12.5 Å². The first kappa shape index (κ1) is 18.7. The Morgan fingerprint density at radius 1 is 0.857 bits per heavy atom. The molecular weight excluding hydrogens is 354 g/mol. The van der Waals surface area contributed by atoms with Crippen molar-refractivity contribution in [2.75, 3.05) is 0 Å². The van der Waals surface area contributed by atoms with Crippen molar-refractivity contribution in [1.29, 1.82) is 0 Å². The van der Waals surface area contributed by atoms with Crippen molar-refractivity contribution in [2.24, 2.45) is 5.92 Å². The summed E-state index contributed by atoms with van der Waals surface area (Å²) in [5, 5.41) is 0. The van der Waals surface area contributed by atoms with Gasteiger partial charge in [0.1, 0.15) is 12.5 Å². The molecular formula is C24H24F2N2. The lowest BCUT2D eigenvalue weighted by Crippen LogP contribution is -2.11. The normalized spacial score (nSPS) is 19.5. The average Bonchev–Trinajstić information content (AvgIpc) is 2.74. The molecule has 1 saturated carbocycles. The van der Waals surface area contributed by atoms with Crippen LogP contribution in [0.5, 0.6) is 0 Å². The van der Waals surface area contributed by atoms with Gasteiger partial charge in [0.15, 0.2) is 5.82 Å². The average molecular weight is 378 g/mol. The summed E-state index contributed by atoms with van der Waals surface area (Å²) in [7, 11) is 0. The zero-order valence-electron chi connectivity index (χ0n) is 16.0. The maximum Gasteiger partial charge on any atom is 0.159 e. The maximum atomic E-state index is 13.8. The van der Waals surface area contributed by atoms with Gasteiger partial charge in [-0.3, -0.25) is 0 Å².